The number of alkyl halides is 3. The first-order valence-corrected chi connectivity index (χ1v) is 11.1. The maximum absolute atomic E-state index is 13.4. The average Bonchev–Trinajstić information content (AvgIpc) is 3.18. The summed E-state index contributed by atoms with van der Waals surface area (Å²) in [5.41, 5.74) is 0.222. The van der Waals surface area contributed by atoms with Crippen LogP contribution in [0.5, 0.6) is 0 Å². The number of anilines is 1. The molecule has 1 heterocycles. The number of nitrogens with zero attached hydrogens (tertiary/aromatic N) is 1. The molecule has 1 fully saturated rings. The van der Waals surface area contributed by atoms with Gasteiger partial charge in [-0.15, -0.1) is 0 Å². The molecule has 2 aromatic rings. The molecule has 1 unspecified atom stereocenters. The molecule has 1 aliphatic rings. The van der Waals surface area contributed by atoms with Crippen molar-refractivity contribution in [2.75, 3.05) is 11.9 Å². The molecular formula is C21H23F3N2O3S. The number of amides is 1. The molecule has 1 saturated heterocycles. The number of hydrogen-bond donors (Lipinski definition) is 1. The van der Waals surface area contributed by atoms with Crippen LogP contribution in [-0.4, -0.2) is 31.2 Å². The maximum Gasteiger partial charge on any atom is 0.417 e. The van der Waals surface area contributed by atoms with Gasteiger partial charge in [0.2, 0.25) is 15.9 Å². The number of halogens is 3. The lowest BCUT2D eigenvalue weighted by atomic mass is 10.0. The highest BCUT2D eigenvalue weighted by Crippen LogP contribution is 2.37. The SMILES string of the molecule is CC(C)c1ccccc1NC(=O)C1CCCN1S(=O)(=O)c1ccccc1C(F)(F)F. The van der Waals surface area contributed by atoms with Crippen LogP contribution in [0.2, 0.25) is 0 Å². The summed E-state index contributed by atoms with van der Waals surface area (Å²) in [7, 11) is -4.51. The zero-order chi connectivity index (χ0) is 22.1. The number of benzene rings is 2. The van der Waals surface area contributed by atoms with E-state index in [0.29, 0.717) is 12.1 Å². The van der Waals surface area contributed by atoms with Gasteiger partial charge in [-0.3, -0.25) is 4.79 Å². The number of carbonyl (C=O) groups is 1. The van der Waals surface area contributed by atoms with E-state index in [1.165, 1.54) is 6.07 Å². The van der Waals surface area contributed by atoms with Crippen molar-refractivity contribution < 1.29 is 26.4 Å². The molecule has 9 heteroatoms. The van der Waals surface area contributed by atoms with Gasteiger partial charge >= 0.3 is 6.18 Å². The van der Waals surface area contributed by atoms with E-state index in [1.807, 2.05) is 26.0 Å². The molecule has 0 aromatic heterocycles. The van der Waals surface area contributed by atoms with Crippen LogP contribution in [-0.2, 0) is 21.0 Å². The van der Waals surface area contributed by atoms with Gasteiger partial charge in [-0.05, 0) is 42.5 Å². The van der Waals surface area contributed by atoms with Crippen LogP contribution < -0.4 is 5.32 Å². The highest BCUT2D eigenvalue weighted by molar-refractivity contribution is 7.89. The number of para-hydroxylation sites is 1. The molecule has 5 nitrogen and oxygen atoms in total. The quantitative estimate of drug-likeness (QED) is 0.738. The molecule has 30 heavy (non-hydrogen) atoms. The van der Waals surface area contributed by atoms with Crippen molar-refractivity contribution in [2.24, 2.45) is 0 Å². The maximum atomic E-state index is 13.4. The lowest BCUT2D eigenvalue weighted by Gasteiger charge is -2.25. The van der Waals surface area contributed by atoms with E-state index in [0.717, 1.165) is 28.1 Å². The molecule has 1 N–H and O–H groups in total. The predicted molar refractivity (Wildman–Crippen MR) is 108 cm³/mol. The topological polar surface area (TPSA) is 66.5 Å². The smallest absolute Gasteiger partial charge is 0.324 e. The molecule has 1 atom stereocenters. The predicted octanol–water partition coefficient (Wildman–Crippen LogP) is 4.62. The Morgan fingerprint density at radius 1 is 1.10 bits per heavy atom. The lowest BCUT2D eigenvalue weighted by Crippen LogP contribution is -2.43. The summed E-state index contributed by atoms with van der Waals surface area (Å²) < 4.78 is 67.2. The van der Waals surface area contributed by atoms with E-state index >= 15 is 0 Å². The molecule has 0 aliphatic carbocycles. The van der Waals surface area contributed by atoms with Crippen LogP contribution in [0.15, 0.2) is 53.4 Å². The second-order valence-electron chi connectivity index (χ2n) is 7.50. The minimum absolute atomic E-state index is 0.0154. The number of carbonyl (C=O) groups excluding carboxylic acids is 1. The Labute approximate surface area is 173 Å². The Morgan fingerprint density at radius 2 is 1.73 bits per heavy atom. The molecule has 1 amide bonds. The van der Waals surface area contributed by atoms with Crippen LogP contribution in [0.3, 0.4) is 0 Å². The van der Waals surface area contributed by atoms with E-state index in [1.54, 1.807) is 12.1 Å². The number of nitrogens with one attached hydrogen (secondary N) is 1. The summed E-state index contributed by atoms with van der Waals surface area (Å²) in [5, 5.41) is 2.76. The summed E-state index contributed by atoms with van der Waals surface area (Å²) in [6.07, 6.45) is -4.20. The van der Waals surface area contributed by atoms with Crippen LogP contribution in [0, 0.1) is 0 Å². The second kappa shape index (κ2) is 8.39. The Bertz CT molecular complexity index is 1040. The fourth-order valence-electron chi connectivity index (χ4n) is 3.67. The molecule has 0 saturated carbocycles. The van der Waals surface area contributed by atoms with Gasteiger partial charge in [-0.2, -0.15) is 17.5 Å². The van der Waals surface area contributed by atoms with Crippen molar-refractivity contribution >= 4 is 21.6 Å². The lowest BCUT2D eigenvalue weighted by molar-refractivity contribution is -0.139. The Morgan fingerprint density at radius 3 is 2.40 bits per heavy atom. The molecule has 0 spiro atoms. The van der Waals surface area contributed by atoms with Gasteiger partial charge in [0.1, 0.15) is 6.04 Å². The monoisotopic (exact) mass is 440 g/mol. The highest BCUT2D eigenvalue weighted by atomic mass is 32.2. The normalized spacial score (nSPS) is 18.0. The van der Waals surface area contributed by atoms with Crippen molar-refractivity contribution in [1.82, 2.24) is 4.31 Å². The van der Waals surface area contributed by atoms with E-state index in [4.69, 9.17) is 0 Å². The number of hydrogen-bond acceptors (Lipinski definition) is 3. The zero-order valence-corrected chi connectivity index (χ0v) is 17.4. The van der Waals surface area contributed by atoms with E-state index < -0.39 is 38.6 Å². The highest BCUT2D eigenvalue weighted by Gasteiger charge is 2.44. The van der Waals surface area contributed by atoms with Crippen molar-refractivity contribution in [3.63, 3.8) is 0 Å². The summed E-state index contributed by atoms with van der Waals surface area (Å²) in [4.78, 5) is 12.1. The fraction of sp³-hybridized carbons (Fsp3) is 0.381. The first kappa shape index (κ1) is 22.3. The van der Waals surface area contributed by atoms with Crippen LogP contribution in [0.4, 0.5) is 18.9 Å². The first-order valence-electron chi connectivity index (χ1n) is 9.61. The Balaban J connectivity index is 1.92. The van der Waals surface area contributed by atoms with Gasteiger partial charge < -0.3 is 5.32 Å². The van der Waals surface area contributed by atoms with Gasteiger partial charge in [0.05, 0.1) is 10.5 Å². The molecular weight excluding hydrogens is 417 g/mol. The largest absolute Gasteiger partial charge is 0.417 e. The number of rotatable bonds is 5. The van der Waals surface area contributed by atoms with Gasteiger partial charge in [0.15, 0.2) is 0 Å². The van der Waals surface area contributed by atoms with Crippen LogP contribution in [0.25, 0.3) is 0 Å². The van der Waals surface area contributed by atoms with E-state index in [2.05, 4.69) is 5.32 Å². The molecule has 162 valence electrons. The first-order chi connectivity index (χ1) is 14.0. The van der Waals surface area contributed by atoms with Crippen molar-refractivity contribution in [3.05, 3.63) is 59.7 Å². The molecule has 1 aliphatic heterocycles. The summed E-state index contributed by atoms with van der Waals surface area (Å²) in [6, 6.07) is 10.1. The summed E-state index contributed by atoms with van der Waals surface area (Å²) >= 11 is 0. The average molecular weight is 440 g/mol. The second-order valence-corrected chi connectivity index (χ2v) is 9.36. The van der Waals surface area contributed by atoms with Crippen molar-refractivity contribution in [3.8, 4) is 0 Å². The Kier molecular flexibility index (Phi) is 6.24. The molecule has 0 bridgehead atoms. The molecule has 2 aromatic carbocycles. The molecule has 3 rings (SSSR count). The minimum atomic E-state index is -4.82. The minimum Gasteiger partial charge on any atom is -0.324 e. The van der Waals surface area contributed by atoms with Gasteiger partial charge in [-0.25, -0.2) is 8.42 Å². The van der Waals surface area contributed by atoms with Crippen molar-refractivity contribution in [2.45, 2.75) is 49.7 Å². The summed E-state index contributed by atoms with van der Waals surface area (Å²) in [6.45, 7) is 3.91. The zero-order valence-electron chi connectivity index (χ0n) is 16.6. The van der Waals surface area contributed by atoms with Crippen molar-refractivity contribution in [1.29, 1.82) is 0 Å². The fourth-order valence-corrected chi connectivity index (χ4v) is 5.54. The third-order valence-electron chi connectivity index (χ3n) is 5.13. The van der Waals surface area contributed by atoms with Gasteiger partial charge in [0.25, 0.3) is 0 Å². The van der Waals surface area contributed by atoms with Crippen LogP contribution >= 0.6 is 0 Å². The summed E-state index contributed by atoms with van der Waals surface area (Å²) in [5.74, 6) is -0.419. The third-order valence-corrected chi connectivity index (χ3v) is 7.09. The van der Waals surface area contributed by atoms with E-state index in [-0.39, 0.29) is 18.9 Å². The Hall–Kier alpha value is -2.39. The standard InChI is InChI=1S/C21H23F3N2O3S/c1-14(2)15-8-3-5-10-17(15)25-20(27)18-11-7-13-26(18)30(28,29)19-12-6-4-9-16(19)21(22,23)24/h3-6,8-10,12,14,18H,7,11,13H2,1-2H3,(H,25,27). The third kappa shape index (κ3) is 4.37. The van der Waals surface area contributed by atoms with Crippen LogP contribution in [0.1, 0.15) is 43.7 Å². The number of sulfonamides is 1. The van der Waals surface area contributed by atoms with Gasteiger partial charge in [0, 0.05) is 12.2 Å². The van der Waals surface area contributed by atoms with E-state index in [9.17, 15) is 26.4 Å². The van der Waals surface area contributed by atoms with Gasteiger partial charge in [-0.1, -0.05) is 44.2 Å². The molecule has 0 radical (unpaired) electrons.